The summed E-state index contributed by atoms with van der Waals surface area (Å²) in [5.74, 6) is -1.39. The third-order valence-electron chi connectivity index (χ3n) is 8.37. The number of carbonyl (C=O) groups is 1. The zero-order valence-electron chi connectivity index (χ0n) is 24.7. The predicted molar refractivity (Wildman–Crippen MR) is 155 cm³/mol. The minimum absolute atomic E-state index is 0.0252. The van der Waals surface area contributed by atoms with E-state index in [1.807, 2.05) is 25.9 Å². The fraction of sp³-hybridized carbons (Fsp3) is 0.531. The molecule has 3 atom stereocenters. The molecule has 10 heteroatoms. The van der Waals surface area contributed by atoms with Crippen LogP contribution in [0.4, 0.5) is 17.6 Å². The molecule has 2 aromatic rings. The average molecular weight is 592 g/mol. The second-order valence-electron chi connectivity index (χ2n) is 11.5. The molecule has 0 radical (unpaired) electrons. The summed E-state index contributed by atoms with van der Waals surface area (Å²) >= 11 is 0. The topological polar surface area (TPSA) is 54.0 Å². The van der Waals surface area contributed by atoms with Crippen LogP contribution in [0.25, 0.3) is 6.08 Å². The molecule has 2 aliphatic rings. The number of methoxy groups -OCH3 is 1. The van der Waals surface area contributed by atoms with Crippen LogP contribution in [0.1, 0.15) is 61.4 Å². The van der Waals surface area contributed by atoms with Gasteiger partial charge in [0.2, 0.25) is 0 Å². The van der Waals surface area contributed by atoms with E-state index in [0.717, 1.165) is 51.1 Å². The van der Waals surface area contributed by atoms with E-state index in [-0.39, 0.29) is 53.2 Å². The molecule has 230 valence electrons. The molecule has 4 rings (SSSR count). The van der Waals surface area contributed by atoms with Crippen molar-refractivity contribution >= 4 is 12.0 Å². The summed E-state index contributed by atoms with van der Waals surface area (Å²) in [7, 11) is 5.42. The molecule has 0 aromatic heterocycles. The van der Waals surface area contributed by atoms with Crippen molar-refractivity contribution in [3.05, 3.63) is 64.7 Å². The van der Waals surface area contributed by atoms with Gasteiger partial charge in [0.25, 0.3) is 5.91 Å². The van der Waals surface area contributed by atoms with E-state index < -0.39 is 18.2 Å². The highest BCUT2D eigenvalue weighted by Gasteiger charge is 2.43. The monoisotopic (exact) mass is 591 g/mol. The Morgan fingerprint density at radius 3 is 2.36 bits per heavy atom. The average Bonchev–Trinajstić information content (AvgIpc) is 3.66. The highest BCUT2D eigenvalue weighted by molar-refractivity contribution is 5.95. The first-order valence-electron chi connectivity index (χ1n) is 14.5. The quantitative estimate of drug-likeness (QED) is 0.291. The summed E-state index contributed by atoms with van der Waals surface area (Å²) in [6.07, 6.45) is 7.92. The number of halogens is 4. The predicted octanol–water partition coefficient (Wildman–Crippen LogP) is 6.36. The third kappa shape index (κ3) is 7.64. The number of rotatable bonds is 12. The smallest absolute Gasteiger partial charge is 0.387 e. The Labute approximate surface area is 245 Å². The van der Waals surface area contributed by atoms with Gasteiger partial charge < -0.3 is 24.6 Å². The molecule has 1 aliphatic carbocycles. The first kappa shape index (κ1) is 31.8. The first-order valence-corrected chi connectivity index (χ1v) is 14.5. The summed E-state index contributed by atoms with van der Waals surface area (Å²) in [6.45, 7) is -0.186. The lowest BCUT2D eigenvalue weighted by molar-refractivity contribution is -0.0512. The third-order valence-corrected chi connectivity index (χ3v) is 8.37. The molecule has 3 unspecified atom stereocenters. The molecule has 1 heterocycles. The minimum atomic E-state index is -3.04. The normalized spacial score (nSPS) is 19.4. The number of likely N-dealkylation sites (N-methyl/N-ethyl adjacent to an activating group) is 1. The summed E-state index contributed by atoms with van der Waals surface area (Å²) in [4.78, 5) is 18.5. The number of hydrogen-bond donors (Lipinski definition) is 1. The van der Waals surface area contributed by atoms with E-state index >= 15 is 0 Å². The maximum Gasteiger partial charge on any atom is 0.387 e. The van der Waals surface area contributed by atoms with Crippen molar-refractivity contribution in [3.63, 3.8) is 0 Å². The number of nitrogens with zero attached hydrogens (tertiary/aromatic N) is 2. The first-order chi connectivity index (χ1) is 20.1. The molecule has 6 nitrogen and oxygen atoms in total. The lowest BCUT2D eigenvalue weighted by atomic mass is 9.84. The Morgan fingerprint density at radius 2 is 1.76 bits per heavy atom. The largest absolute Gasteiger partial charge is 0.493 e. The molecule has 1 aliphatic heterocycles. The van der Waals surface area contributed by atoms with Gasteiger partial charge >= 0.3 is 6.61 Å². The molecule has 1 saturated carbocycles. The van der Waals surface area contributed by atoms with Crippen molar-refractivity contribution in [1.29, 1.82) is 0 Å². The van der Waals surface area contributed by atoms with Crippen molar-refractivity contribution in [2.45, 2.75) is 70.2 Å². The van der Waals surface area contributed by atoms with E-state index in [4.69, 9.17) is 4.74 Å². The van der Waals surface area contributed by atoms with Crippen LogP contribution < -0.4 is 14.8 Å². The molecule has 42 heavy (non-hydrogen) atoms. The number of benzene rings is 2. The Morgan fingerprint density at radius 1 is 1.02 bits per heavy atom. The summed E-state index contributed by atoms with van der Waals surface area (Å²) in [5, 5.41) is 3.62. The van der Waals surface area contributed by atoms with Gasteiger partial charge in [-0.05, 0) is 89.5 Å². The highest BCUT2D eigenvalue weighted by Crippen LogP contribution is 2.36. The second-order valence-corrected chi connectivity index (χ2v) is 11.5. The van der Waals surface area contributed by atoms with E-state index in [2.05, 4.69) is 15.0 Å². The minimum Gasteiger partial charge on any atom is -0.493 e. The number of carbonyl (C=O) groups excluding carboxylic acids is 1. The second kappa shape index (κ2) is 14.4. The molecule has 2 aromatic carbocycles. The van der Waals surface area contributed by atoms with Crippen molar-refractivity contribution in [2.75, 3.05) is 34.3 Å². The van der Waals surface area contributed by atoms with Crippen molar-refractivity contribution < 1.29 is 31.8 Å². The summed E-state index contributed by atoms with van der Waals surface area (Å²) in [5.41, 5.74) is 1.21. The van der Waals surface area contributed by atoms with Crippen molar-refractivity contribution in [3.8, 4) is 11.5 Å². The molecular formula is C32H41F4N3O3. The van der Waals surface area contributed by atoms with Crippen LogP contribution in [0.5, 0.6) is 11.5 Å². The number of ether oxygens (including phenoxy) is 2. The molecule has 1 saturated heterocycles. The van der Waals surface area contributed by atoms with Crippen LogP contribution in [0.15, 0.2) is 42.0 Å². The van der Waals surface area contributed by atoms with Gasteiger partial charge in [-0.15, -0.1) is 0 Å². The van der Waals surface area contributed by atoms with E-state index in [0.29, 0.717) is 11.5 Å². The lowest BCUT2D eigenvalue weighted by Crippen LogP contribution is -2.61. The van der Waals surface area contributed by atoms with Crippen LogP contribution in [-0.4, -0.2) is 74.7 Å². The number of nitrogens with one attached hydrogen (secondary N) is 1. The fourth-order valence-electron chi connectivity index (χ4n) is 6.62. The van der Waals surface area contributed by atoms with Crippen LogP contribution in [0.3, 0.4) is 0 Å². The van der Waals surface area contributed by atoms with Gasteiger partial charge in [0.05, 0.1) is 13.2 Å². The maximum absolute atomic E-state index is 14.6. The van der Waals surface area contributed by atoms with Crippen molar-refractivity contribution in [2.24, 2.45) is 5.92 Å². The number of hydrogen-bond acceptors (Lipinski definition) is 5. The van der Waals surface area contributed by atoms with Gasteiger partial charge in [0, 0.05) is 35.8 Å². The van der Waals surface area contributed by atoms with Crippen LogP contribution in [0, 0.1) is 17.6 Å². The highest BCUT2D eigenvalue weighted by atomic mass is 19.3. The van der Waals surface area contributed by atoms with E-state index in [9.17, 15) is 22.4 Å². The van der Waals surface area contributed by atoms with Gasteiger partial charge in [-0.2, -0.15) is 8.78 Å². The molecule has 2 fully saturated rings. The SMILES string of the molecule is COc1cc(C(=O)N(C/C(C)=C/c2ccc(F)cc2F)C(C2CCCN2)C(C2CCCC2)N(C)C)ccc1OC(F)F. The molecule has 0 bridgehead atoms. The van der Waals surface area contributed by atoms with Crippen molar-refractivity contribution in [1.82, 2.24) is 15.1 Å². The van der Waals surface area contributed by atoms with Gasteiger partial charge in [-0.3, -0.25) is 4.79 Å². The van der Waals surface area contributed by atoms with Crippen LogP contribution in [0.2, 0.25) is 0 Å². The van der Waals surface area contributed by atoms with Gasteiger partial charge in [0.15, 0.2) is 11.5 Å². The zero-order valence-corrected chi connectivity index (χ0v) is 24.7. The fourth-order valence-corrected chi connectivity index (χ4v) is 6.62. The Hall–Kier alpha value is -3.11. The lowest BCUT2D eigenvalue weighted by Gasteiger charge is -2.46. The van der Waals surface area contributed by atoms with Gasteiger partial charge in [-0.1, -0.05) is 24.5 Å². The summed E-state index contributed by atoms with van der Waals surface area (Å²) < 4.78 is 63.9. The molecule has 1 N–H and O–H groups in total. The van der Waals surface area contributed by atoms with Crippen LogP contribution in [-0.2, 0) is 0 Å². The maximum atomic E-state index is 14.6. The number of amides is 1. The molecular weight excluding hydrogens is 550 g/mol. The van der Waals surface area contributed by atoms with E-state index in [1.165, 1.54) is 37.4 Å². The molecule has 1 amide bonds. The molecule has 0 spiro atoms. The summed E-state index contributed by atoms with van der Waals surface area (Å²) in [6, 6.07) is 7.46. The zero-order chi connectivity index (χ0) is 30.4. The number of alkyl halides is 2. The Bertz CT molecular complexity index is 1240. The van der Waals surface area contributed by atoms with E-state index in [1.54, 1.807) is 6.08 Å². The Balaban J connectivity index is 1.79. The van der Waals surface area contributed by atoms with Gasteiger partial charge in [0.1, 0.15) is 11.6 Å². The Kier molecular flexibility index (Phi) is 10.9. The standard InChI is InChI=1S/C32H41F4N3O3/c1-20(16-22-11-13-24(33)18-25(22)34)19-39(31(40)23-12-14-27(42-32(35)36)28(17-23)41-4)30(26-10-7-15-37-26)29(38(2)3)21-8-5-6-9-21/h11-14,16-18,21,26,29-30,32,37H,5-10,15,19H2,1-4H3/b20-16+. The van der Waals surface area contributed by atoms with Gasteiger partial charge in [-0.25, -0.2) is 8.78 Å². The van der Waals surface area contributed by atoms with Crippen LogP contribution >= 0.6 is 0 Å².